The van der Waals surface area contributed by atoms with E-state index in [4.69, 9.17) is 4.74 Å². The van der Waals surface area contributed by atoms with Crippen LogP contribution in [0.2, 0.25) is 0 Å². The molecule has 144 valence electrons. The normalized spacial score (nSPS) is 11.6. The second kappa shape index (κ2) is 9.19. The van der Waals surface area contributed by atoms with Crippen molar-refractivity contribution in [2.24, 2.45) is 0 Å². The number of ether oxygens (including phenoxy) is 1. The Morgan fingerprint density at radius 2 is 1.81 bits per heavy atom. The second-order valence-corrected chi connectivity index (χ2v) is 6.89. The SMILES string of the molecule is COc1ccc(NC(C)=O)cc1NC(=O)C[NH+](C)Cc1ccc(C)cc1C. The summed E-state index contributed by atoms with van der Waals surface area (Å²) in [6.45, 7) is 6.69. The van der Waals surface area contributed by atoms with Gasteiger partial charge in [0, 0.05) is 18.2 Å². The van der Waals surface area contributed by atoms with Crippen LogP contribution in [0.5, 0.6) is 5.75 Å². The number of hydrogen-bond donors (Lipinski definition) is 3. The first kappa shape index (κ1) is 20.5. The third-order valence-electron chi connectivity index (χ3n) is 4.25. The van der Waals surface area contributed by atoms with E-state index >= 15 is 0 Å². The zero-order valence-corrected chi connectivity index (χ0v) is 16.6. The lowest BCUT2D eigenvalue weighted by molar-refractivity contribution is -0.885. The van der Waals surface area contributed by atoms with E-state index in [0.29, 0.717) is 23.7 Å². The molecule has 0 bridgehead atoms. The molecular weight excluding hydrogens is 342 g/mol. The largest absolute Gasteiger partial charge is 0.495 e. The Morgan fingerprint density at radius 1 is 1.07 bits per heavy atom. The molecule has 0 aliphatic rings. The first-order valence-electron chi connectivity index (χ1n) is 8.91. The smallest absolute Gasteiger partial charge is 0.279 e. The van der Waals surface area contributed by atoms with Crippen molar-refractivity contribution in [1.29, 1.82) is 0 Å². The quantitative estimate of drug-likeness (QED) is 0.697. The molecule has 27 heavy (non-hydrogen) atoms. The number of quaternary nitrogens is 1. The van der Waals surface area contributed by atoms with Crippen molar-refractivity contribution in [2.45, 2.75) is 27.3 Å². The van der Waals surface area contributed by atoms with Crippen LogP contribution in [0.4, 0.5) is 11.4 Å². The van der Waals surface area contributed by atoms with Gasteiger partial charge in [-0.3, -0.25) is 9.59 Å². The summed E-state index contributed by atoms with van der Waals surface area (Å²) in [5.41, 5.74) is 4.84. The van der Waals surface area contributed by atoms with Gasteiger partial charge >= 0.3 is 0 Å². The van der Waals surface area contributed by atoms with Crippen molar-refractivity contribution in [3.8, 4) is 5.75 Å². The lowest BCUT2D eigenvalue weighted by Gasteiger charge is -2.17. The van der Waals surface area contributed by atoms with Crippen LogP contribution < -0.4 is 20.3 Å². The summed E-state index contributed by atoms with van der Waals surface area (Å²) >= 11 is 0. The molecule has 2 amide bonds. The number of likely N-dealkylation sites (N-methyl/N-ethyl adjacent to an activating group) is 1. The van der Waals surface area contributed by atoms with E-state index in [1.54, 1.807) is 25.3 Å². The fourth-order valence-corrected chi connectivity index (χ4v) is 2.99. The zero-order valence-electron chi connectivity index (χ0n) is 16.6. The Labute approximate surface area is 160 Å². The maximum atomic E-state index is 12.5. The van der Waals surface area contributed by atoms with Crippen LogP contribution >= 0.6 is 0 Å². The number of rotatable bonds is 7. The average Bonchev–Trinajstić information content (AvgIpc) is 2.57. The number of methoxy groups -OCH3 is 1. The van der Waals surface area contributed by atoms with Gasteiger partial charge in [-0.15, -0.1) is 0 Å². The minimum Gasteiger partial charge on any atom is -0.495 e. The van der Waals surface area contributed by atoms with Gasteiger partial charge < -0.3 is 20.3 Å². The number of benzene rings is 2. The number of hydrogen-bond acceptors (Lipinski definition) is 3. The summed E-state index contributed by atoms with van der Waals surface area (Å²) in [5.74, 6) is 0.259. The van der Waals surface area contributed by atoms with Crippen LogP contribution in [0.1, 0.15) is 23.6 Å². The van der Waals surface area contributed by atoms with Gasteiger partial charge in [0.05, 0.1) is 19.8 Å². The number of nitrogens with one attached hydrogen (secondary N) is 3. The minimum absolute atomic E-state index is 0.115. The number of carbonyl (C=O) groups excluding carboxylic acids is 2. The van der Waals surface area contributed by atoms with E-state index in [0.717, 1.165) is 11.4 Å². The number of aryl methyl sites for hydroxylation is 2. The van der Waals surface area contributed by atoms with E-state index in [1.165, 1.54) is 23.6 Å². The predicted molar refractivity (Wildman–Crippen MR) is 107 cm³/mol. The first-order valence-corrected chi connectivity index (χ1v) is 8.91. The van der Waals surface area contributed by atoms with Crippen molar-refractivity contribution >= 4 is 23.2 Å². The monoisotopic (exact) mass is 370 g/mol. The van der Waals surface area contributed by atoms with E-state index in [-0.39, 0.29) is 11.8 Å². The molecule has 0 spiro atoms. The average molecular weight is 370 g/mol. The highest BCUT2D eigenvalue weighted by Crippen LogP contribution is 2.27. The molecule has 0 aromatic heterocycles. The number of amides is 2. The summed E-state index contributed by atoms with van der Waals surface area (Å²) in [6.07, 6.45) is 0. The van der Waals surface area contributed by atoms with Crippen molar-refractivity contribution in [2.75, 3.05) is 31.3 Å². The Kier molecular flexibility index (Phi) is 6.96. The molecule has 6 heteroatoms. The fraction of sp³-hybridized carbons (Fsp3) is 0.333. The van der Waals surface area contributed by atoms with E-state index in [2.05, 4.69) is 42.7 Å². The van der Waals surface area contributed by atoms with Crippen LogP contribution in [0.3, 0.4) is 0 Å². The molecule has 3 N–H and O–H groups in total. The molecule has 0 aliphatic carbocycles. The van der Waals surface area contributed by atoms with Crippen LogP contribution in [0.25, 0.3) is 0 Å². The van der Waals surface area contributed by atoms with Gasteiger partial charge in [0.25, 0.3) is 5.91 Å². The van der Waals surface area contributed by atoms with Crippen LogP contribution in [-0.2, 0) is 16.1 Å². The van der Waals surface area contributed by atoms with Crippen LogP contribution in [0, 0.1) is 13.8 Å². The lowest BCUT2D eigenvalue weighted by atomic mass is 10.1. The van der Waals surface area contributed by atoms with Crippen LogP contribution in [0.15, 0.2) is 36.4 Å². The van der Waals surface area contributed by atoms with E-state index < -0.39 is 0 Å². The number of carbonyl (C=O) groups is 2. The van der Waals surface area contributed by atoms with Gasteiger partial charge in [0.15, 0.2) is 6.54 Å². The predicted octanol–water partition coefficient (Wildman–Crippen LogP) is 1.92. The summed E-state index contributed by atoms with van der Waals surface area (Å²) in [5, 5.41) is 5.58. The second-order valence-electron chi connectivity index (χ2n) is 6.89. The molecule has 0 radical (unpaired) electrons. The summed E-state index contributed by atoms with van der Waals surface area (Å²) in [6, 6.07) is 11.5. The summed E-state index contributed by atoms with van der Waals surface area (Å²) in [4.78, 5) is 24.8. The Hall–Kier alpha value is -2.86. The van der Waals surface area contributed by atoms with Gasteiger partial charge in [0.2, 0.25) is 5.91 Å². The Balaban J connectivity index is 2.02. The highest BCUT2D eigenvalue weighted by atomic mass is 16.5. The molecule has 2 aromatic rings. The molecule has 0 saturated heterocycles. The maximum absolute atomic E-state index is 12.5. The molecule has 2 rings (SSSR count). The van der Waals surface area contributed by atoms with Crippen molar-refractivity contribution < 1.29 is 19.2 Å². The molecule has 0 saturated carbocycles. The molecule has 0 aliphatic heterocycles. The van der Waals surface area contributed by atoms with Gasteiger partial charge in [-0.1, -0.05) is 23.8 Å². The van der Waals surface area contributed by atoms with E-state index in [9.17, 15) is 9.59 Å². The van der Waals surface area contributed by atoms with Gasteiger partial charge in [0.1, 0.15) is 12.3 Å². The minimum atomic E-state index is -0.171. The summed E-state index contributed by atoms with van der Waals surface area (Å²) in [7, 11) is 3.53. The summed E-state index contributed by atoms with van der Waals surface area (Å²) < 4.78 is 5.30. The van der Waals surface area contributed by atoms with Crippen molar-refractivity contribution in [3.05, 3.63) is 53.1 Å². The molecule has 1 unspecified atom stereocenters. The van der Waals surface area contributed by atoms with Crippen LogP contribution in [-0.4, -0.2) is 32.5 Å². The Bertz CT molecular complexity index is 833. The molecule has 2 aromatic carbocycles. The van der Waals surface area contributed by atoms with Gasteiger partial charge in [-0.2, -0.15) is 0 Å². The first-order chi connectivity index (χ1) is 12.8. The topological polar surface area (TPSA) is 71.9 Å². The molecule has 0 heterocycles. The number of anilines is 2. The standard InChI is InChI=1S/C21H27N3O3/c1-14-6-7-17(15(2)10-14)12-24(4)13-21(26)23-19-11-18(22-16(3)25)8-9-20(19)27-5/h6-11H,12-13H2,1-5H3,(H,22,25)(H,23,26)/p+1. The van der Waals surface area contributed by atoms with Gasteiger partial charge in [-0.05, 0) is 37.6 Å². The zero-order chi connectivity index (χ0) is 20.0. The highest BCUT2D eigenvalue weighted by Gasteiger charge is 2.14. The molecular formula is C21H28N3O3+. The third kappa shape index (κ3) is 6.11. The van der Waals surface area contributed by atoms with Crippen molar-refractivity contribution in [3.63, 3.8) is 0 Å². The molecule has 6 nitrogen and oxygen atoms in total. The lowest BCUT2D eigenvalue weighted by Crippen LogP contribution is -3.08. The molecule has 0 fully saturated rings. The fourth-order valence-electron chi connectivity index (χ4n) is 2.99. The van der Waals surface area contributed by atoms with Gasteiger partial charge in [-0.25, -0.2) is 0 Å². The third-order valence-corrected chi connectivity index (χ3v) is 4.25. The Morgan fingerprint density at radius 3 is 2.44 bits per heavy atom. The van der Waals surface area contributed by atoms with E-state index in [1.807, 2.05) is 7.05 Å². The van der Waals surface area contributed by atoms with Crippen molar-refractivity contribution in [1.82, 2.24) is 0 Å². The molecule has 1 atom stereocenters. The maximum Gasteiger partial charge on any atom is 0.279 e. The highest BCUT2D eigenvalue weighted by molar-refractivity contribution is 5.95.